The summed E-state index contributed by atoms with van der Waals surface area (Å²) in [4.78, 5) is 17.8. The number of aromatic nitrogens is 3. The molecular formula is C30H26F6N6O. The van der Waals surface area contributed by atoms with E-state index in [0.717, 1.165) is 22.9 Å². The van der Waals surface area contributed by atoms with Crippen LogP contribution in [-0.4, -0.2) is 26.5 Å². The highest BCUT2D eigenvalue weighted by atomic mass is 19.4. The summed E-state index contributed by atoms with van der Waals surface area (Å²) in [5.74, 6) is -3.67. The minimum Gasteiger partial charge on any atom is -0.384 e. The number of halogens is 6. The van der Waals surface area contributed by atoms with Crippen molar-refractivity contribution in [2.24, 2.45) is 11.7 Å². The Hall–Kier alpha value is -4.68. The Kier molecular flexibility index (Phi) is 8.00. The minimum atomic E-state index is -4.68. The molecule has 1 aliphatic rings. The first-order chi connectivity index (χ1) is 20.3. The molecule has 2 atom stereocenters. The summed E-state index contributed by atoms with van der Waals surface area (Å²) in [6.45, 7) is 1.28. The fourth-order valence-corrected chi connectivity index (χ4v) is 5.48. The molecule has 43 heavy (non-hydrogen) atoms. The van der Waals surface area contributed by atoms with Crippen LogP contribution in [0.3, 0.4) is 0 Å². The third-order valence-electron chi connectivity index (χ3n) is 7.26. The minimum absolute atomic E-state index is 0.0503. The van der Waals surface area contributed by atoms with Crippen molar-refractivity contribution in [1.29, 1.82) is 5.41 Å². The van der Waals surface area contributed by atoms with Crippen LogP contribution in [0, 0.1) is 28.8 Å². The number of nitrogen functional groups attached to an aromatic ring is 1. The van der Waals surface area contributed by atoms with Crippen molar-refractivity contribution in [2.75, 3.05) is 0 Å². The normalized spacial score (nSPS) is 15.3. The lowest BCUT2D eigenvalue weighted by atomic mass is 9.94. The third kappa shape index (κ3) is 6.40. The number of carbonyl (C=O) groups is 1. The first kappa shape index (κ1) is 29.8. The summed E-state index contributed by atoms with van der Waals surface area (Å²) >= 11 is 0. The second-order valence-electron chi connectivity index (χ2n) is 10.6. The number of alkyl halides is 3. The Balaban J connectivity index is 1.52. The van der Waals surface area contributed by atoms with Crippen molar-refractivity contribution >= 4 is 11.7 Å². The molecule has 2 heterocycles. The Morgan fingerprint density at radius 1 is 1.12 bits per heavy atom. The van der Waals surface area contributed by atoms with Gasteiger partial charge in [0.1, 0.15) is 29.8 Å². The van der Waals surface area contributed by atoms with Crippen LogP contribution in [-0.2, 0) is 36.8 Å². The molecule has 0 fully saturated rings. The van der Waals surface area contributed by atoms with Crippen LogP contribution in [0.4, 0.5) is 26.3 Å². The Labute approximate surface area is 242 Å². The van der Waals surface area contributed by atoms with Gasteiger partial charge in [-0.1, -0.05) is 19.1 Å². The standard InChI is InChI=1S/C30H26F6N6O/c1-15-7-22-25(8-15)42(41-28(22)30(34,35)36)14-26(43)40-24(11-16-9-18(31)13-19(32)10-16)27-20(3-2-6-39-27)17-4-5-23(33)21(12-17)29(37)38/h2-6,9-10,12-13,15,24H,7-8,11,14H2,1H3,(H3,37,38)(H,40,43)/t15?,24-/m0/s1. The van der Waals surface area contributed by atoms with Gasteiger partial charge in [0, 0.05) is 29.1 Å². The predicted molar refractivity (Wildman–Crippen MR) is 145 cm³/mol. The number of carbonyl (C=O) groups excluding carboxylic acids is 1. The summed E-state index contributed by atoms with van der Waals surface area (Å²) in [5, 5.41) is 14.1. The molecule has 0 bridgehead atoms. The number of nitrogens with two attached hydrogens (primary N) is 1. The third-order valence-corrected chi connectivity index (χ3v) is 7.26. The van der Waals surface area contributed by atoms with Gasteiger partial charge in [-0.3, -0.25) is 19.9 Å². The van der Waals surface area contributed by atoms with Crippen LogP contribution in [0.15, 0.2) is 54.7 Å². The highest BCUT2D eigenvalue weighted by molar-refractivity contribution is 5.96. The average molecular weight is 601 g/mol. The first-order valence-corrected chi connectivity index (χ1v) is 13.3. The maximum absolute atomic E-state index is 14.3. The molecule has 13 heteroatoms. The number of amides is 1. The lowest BCUT2D eigenvalue weighted by Gasteiger charge is -2.22. The number of amidine groups is 1. The van der Waals surface area contributed by atoms with Crippen LogP contribution in [0.25, 0.3) is 11.1 Å². The summed E-state index contributed by atoms with van der Waals surface area (Å²) in [7, 11) is 0. The quantitative estimate of drug-likeness (QED) is 0.141. The average Bonchev–Trinajstić information content (AvgIpc) is 3.45. The molecule has 0 saturated heterocycles. The number of rotatable bonds is 8. The van der Waals surface area contributed by atoms with E-state index in [1.165, 1.54) is 18.3 Å². The number of benzene rings is 2. The number of pyridine rings is 1. The molecule has 0 radical (unpaired) electrons. The Morgan fingerprint density at radius 2 is 1.84 bits per heavy atom. The van der Waals surface area contributed by atoms with E-state index in [-0.39, 0.29) is 41.1 Å². The Morgan fingerprint density at radius 3 is 2.51 bits per heavy atom. The highest BCUT2D eigenvalue weighted by Crippen LogP contribution is 2.38. The summed E-state index contributed by atoms with van der Waals surface area (Å²) < 4.78 is 84.5. The molecule has 224 valence electrons. The van der Waals surface area contributed by atoms with Gasteiger partial charge in [-0.05, 0) is 66.6 Å². The molecule has 2 aromatic heterocycles. The van der Waals surface area contributed by atoms with Crippen LogP contribution in [0.5, 0.6) is 0 Å². The fraction of sp³-hybridized carbons (Fsp3) is 0.267. The van der Waals surface area contributed by atoms with Gasteiger partial charge in [0.05, 0.1) is 17.3 Å². The molecule has 5 rings (SSSR count). The zero-order chi connectivity index (χ0) is 31.1. The zero-order valence-corrected chi connectivity index (χ0v) is 22.8. The van der Waals surface area contributed by atoms with Gasteiger partial charge in [-0.2, -0.15) is 18.3 Å². The molecule has 0 saturated carbocycles. The summed E-state index contributed by atoms with van der Waals surface area (Å²) in [6, 6.07) is 8.95. The number of hydrogen-bond acceptors (Lipinski definition) is 4. The van der Waals surface area contributed by atoms with Crippen molar-refractivity contribution in [2.45, 2.75) is 44.9 Å². The van der Waals surface area contributed by atoms with E-state index < -0.39 is 53.7 Å². The van der Waals surface area contributed by atoms with Gasteiger partial charge in [0.2, 0.25) is 5.91 Å². The molecule has 0 aliphatic heterocycles. The van der Waals surface area contributed by atoms with Crippen molar-refractivity contribution in [1.82, 2.24) is 20.1 Å². The van der Waals surface area contributed by atoms with Crippen molar-refractivity contribution in [3.63, 3.8) is 0 Å². The molecular weight excluding hydrogens is 574 g/mol. The van der Waals surface area contributed by atoms with Crippen molar-refractivity contribution in [3.8, 4) is 11.1 Å². The fourth-order valence-electron chi connectivity index (χ4n) is 5.48. The maximum Gasteiger partial charge on any atom is 0.435 e. The molecule has 4 N–H and O–H groups in total. The summed E-state index contributed by atoms with van der Waals surface area (Å²) in [6.07, 6.45) is -2.89. The molecule has 1 unspecified atom stereocenters. The number of hydrogen-bond donors (Lipinski definition) is 3. The van der Waals surface area contributed by atoms with E-state index in [0.29, 0.717) is 29.3 Å². The second-order valence-corrected chi connectivity index (χ2v) is 10.6. The first-order valence-electron chi connectivity index (χ1n) is 13.3. The topological polar surface area (TPSA) is 110 Å². The lowest BCUT2D eigenvalue weighted by molar-refractivity contribution is -0.142. The van der Waals surface area contributed by atoms with Gasteiger partial charge in [-0.15, -0.1) is 0 Å². The molecule has 1 aliphatic carbocycles. The van der Waals surface area contributed by atoms with Crippen LogP contribution in [0.2, 0.25) is 0 Å². The van der Waals surface area contributed by atoms with Gasteiger partial charge >= 0.3 is 6.18 Å². The smallest absolute Gasteiger partial charge is 0.384 e. The van der Waals surface area contributed by atoms with E-state index in [9.17, 15) is 31.1 Å². The SMILES string of the molecule is CC1Cc2c(C(F)(F)F)nn(CC(=O)N[C@@H](Cc3cc(F)cc(F)c3)c3ncccc3-c3ccc(F)c(C(=N)N)c3)c2C1. The Bertz CT molecular complexity index is 1700. The maximum atomic E-state index is 14.3. The number of fused-ring (bicyclic) bond motifs is 1. The van der Waals surface area contributed by atoms with Gasteiger partial charge in [0.15, 0.2) is 5.69 Å². The van der Waals surface area contributed by atoms with E-state index in [2.05, 4.69) is 15.4 Å². The van der Waals surface area contributed by atoms with Gasteiger partial charge in [-0.25, -0.2) is 13.2 Å². The largest absolute Gasteiger partial charge is 0.435 e. The van der Waals surface area contributed by atoms with Crippen LogP contribution < -0.4 is 11.1 Å². The molecule has 1 amide bonds. The second kappa shape index (κ2) is 11.5. The zero-order valence-electron chi connectivity index (χ0n) is 22.8. The van der Waals surface area contributed by atoms with Gasteiger partial charge in [0.25, 0.3) is 0 Å². The van der Waals surface area contributed by atoms with Gasteiger partial charge < -0.3 is 11.1 Å². The number of nitrogens with zero attached hydrogens (tertiary/aromatic N) is 3. The van der Waals surface area contributed by atoms with Crippen molar-refractivity contribution in [3.05, 3.63) is 106 Å². The highest BCUT2D eigenvalue weighted by Gasteiger charge is 2.41. The van der Waals surface area contributed by atoms with Crippen LogP contribution in [0.1, 0.15) is 46.7 Å². The lowest BCUT2D eigenvalue weighted by Crippen LogP contribution is -2.34. The van der Waals surface area contributed by atoms with Crippen LogP contribution >= 0.6 is 0 Å². The predicted octanol–water partition coefficient (Wildman–Crippen LogP) is 5.50. The molecule has 7 nitrogen and oxygen atoms in total. The molecule has 2 aromatic carbocycles. The number of nitrogens with one attached hydrogen (secondary N) is 2. The molecule has 4 aromatic rings. The molecule has 0 spiro atoms. The van der Waals surface area contributed by atoms with Crippen molar-refractivity contribution < 1.29 is 31.1 Å². The van der Waals surface area contributed by atoms with E-state index in [1.54, 1.807) is 12.1 Å². The van der Waals surface area contributed by atoms with E-state index >= 15 is 0 Å². The van der Waals surface area contributed by atoms with E-state index in [4.69, 9.17) is 11.1 Å². The van der Waals surface area contributed by atoms with E-state index in [1.807, 2.05) is 6.92 Å². The summed E-state index contributed by atoms with van der Waals surface area (Å²) in [5.41, 5.74) is 5.96. The monoisotopic (exact) mass is 600 g/mol.